The van der Waals surface area contributed by atoms with Gasteiger partial charge in [0.15, 0.2) is 10.9 Å². The van der Waals surface area contributed by atoms with Crippen molar-refractivity contribution in [3.8, 4) is 11.3 Å². The van der Waals surface area contributed by atoms with Crippen LogP contribution in [0.25, 0.3) is 11.3 Å². The van der Waals surface area contributed by atoms with Crippen LogP contribution in [-0.2, 0) is 0 Å². The average Bonchev–Trinajstić information content (AvgIpc) is 3.19. The van der Waals surface area contributed by atoms with E-state index in [0.717, 1.165) is 11.3 Å². The molecule has 0 N–H and O–H groups in total. The second kappa shape index (κ2) is 6.38. The van der Waals surface area contributed by atoms with E-state index in [1.165, 1.54) is 28.7 Å². The molecule has 4 nitrogen and oxygen atoms in total. The highest BCUT2D eigenvalue weighted by molar-refractivity contribution is 7.14. The summed E-state index contributed by atoms with van der Waals surface area (Å²) < 4.78 is 5.21. The van der Waals surface area contributed by atoms with Crippen molar-refractivity contribution < 1.29 is 9.21 Å². The van der Waals surface area contributed by atoms with E-state index in [1.54, 1.807) is 17.0 Å². The largest absolute Gasteiger partial charge is 0.459 e. The van der Waals surface area contributed by atoms with Crippen molar-refractivity contribution in [2.24, 2.45) is 0 Å². The van der Waals surface area contributed by atoms with E-state index in [-0.39, 0.29) is 5.91 Å². The van der Waals surface area contributed by atoms with Crippen LogP contribution in [0.5, 0.6) is 0 Å². The highest BCUT2D eigenvalue weighted by atomic mass is 32.1. The zero-order valence-electron chi connectivity index (χ0n) is 13.4. The Morgan fingerprint density at radius 3 is 2.78 bits per heavy atom. The van der Waals surface area contributed by atoms with Crippen molar-refractivity contribution in [1.29, 1.82) is 0 Å². The van der Waals surface area contributed by atoms with Crippen molar-refractivity contribution in [1.82, 2.24) is 4.98 Å². The Bertz CT molecular complexity index is 821. The minimum Gasteiger partial charge on any atom is -0.459 e. The summed E-state index contributed by atoms with van der Waals surface area (Å²) in [6.07, 6.45) is 1.50. The number of furan rings is 1. The number of rotatable bonds is 4. The molecule has 3 rings (SSSR count). The van der Waals surface area contributed by atoms with Gasteiger partial charge in [0.05, 0.1) is 12.0 Å². The molecule has 0 spiro atoms. The van der Waals surface area contributed by atoms with Gasteiger partial charge in [0.2, 0.25) is 0 Å². The fourth-order valence-electron chi connectivity index (χ4n) is 2.51. The number of benzene rings is 1. The summed E-state index contributed by atoms with van der Waals surface area (Å²) in [5.74, 6) is 0.161. The minimum absolute atomic E-state index is 0.168. The van der Waals surface area contributed by atoms with Crippen LogP contribution in [0.15, 0.2) is 46.4 Å². The highest BCUT2D eigenvalue weighted by Crippen LogP contribution is 2.30. The van der Waals surface area contributed by atoms with Crippen LogP contribution in [0, 0.1) is 13.8 Å². The molecule has 1 amide bonds. The van der Waals surface area contributed by atoms with Gasteiger partial charge >= 0.3 is 0 Å². The predicted octanol–water partition coefficient (Wildman–Crippen LogP) is 4.69. The van der Waals surface area contributed by atoms with Crippen molar-refractivity contribution >= 4 is 22.4 Å². The standard InChI is InChI=1S/C18H18N2O2S/c1-4-20(17(21)16-6-5-9-22-16)18-19-15(11-23-18)14-8-7-12(2)10-13(14)3/h5-11H,4H2,1-3H3. The molecule has 0 unspecified atom stereocenters. The van der Waals surface area contributed by atoms with Gasteiger partial charge in [-0.25, -0.2) is 4.98 Å². The van der Waals surface area contributed by atoms with Crippen LogP contribution in [0.3, 0.4) is 0 Å². The van der Waals surface area contributed by atoms with E-state index in [0.29, 0.717) is 17.4 Å². The number of hydrogen-bond acceptors (Lipinski definition) is 4. The molecule has 0 saturated heterocycles. The van der Waals surface area contributed by atoms with Crippen LogP contribution in [0.1, 0.15) is 28.6 Å². The normalized spacial score (nSPS) is 10.7. The number of amides is 1. The van der Waals surface area contributed by atoms with Crippen molar-refractivity contribution in [3.05, 3.63) is 58.9 Å². The average molecular weight is 326 g/mol. The number of aromatic nitrogens is 1. The summed E-state index contributed by atoms with van der Waals surface area (Å²) in [4.78, 5) is 18.8. The summed E-state index contributed by atoms with van der Waals surface area (Å²) in [6.45, 7) is 6.62. The maximum absolute atomic E-state index is 12.5. The Morgan fingerprint density at radius 2 is 2.13 bits per heavy atom. The van der Waals surface area contributed by atoms with Gasteiger partial charge < -0.3 is 4.42 Å². The number of carbonyl (C=O) groups is 1. The van der Waals surface area contributed by atoms with Crippen LogP contribution >= 0.6 is 11.3 Å². The molecule has 3 aromatic rings. The van der Waals surface area contributed by atoms with E-state index in [4.69, 9.17) is 4.42 Å². The summed E-state index contributed by atoms with van der Waals surface area (Å²) in [6, 6.07) is 9.68. The van der Waals surface area contributed by atoms with Crippen molar-refractivity contribution in [2.75, 3.05) is 11.4 Å². The van der Waals surface area contributed by atoms with Gasteiger partial charge in [0.1, 0.15) is 0 Å². The summed E-state index contributed by atoms with van der Waals surface area (Å²) >= 11 is 1.47. The molecule has 0 aliphatic rings. The Balaban J connectivity index is 1.92. The maximum atomic E-state index is 12.5. The third-order valence-corrected chi connectivity index (χ3v) is 4.54. The number of carbonyl (C=O) groups excluding carboxylic acids is 1. The molecule has 23 heavy (non-hydrogen) atoms. The van der Waals surface area contributed by atoms with Gasteiger partial charge in [0, 0.05) is 17.5 Å². The number of anilines is 1. The number of nitrogens with zero attached hydrogens (tertiary/aromatic N) is 2. The molecule has 1 aromatic carbocycles. The lowest BCUT2D eigenvalue weighted by Crippen LogP contribution is -2.30. The molecule has 2 aromatic heterocycles. The third-order valence-electron chi connectivity index (χ3n) is 3.67. The molecule has 2 heterocycles. The quantitative estimate of drug-likeness (QED) is 0.699. The predicted molar refractivity (Wildman–Crippen MR) is 93.1 cm³/mol. The highest BCUT2D eigenvalue weighted by Gasteiger charge is 2.21. The molecule has 118 valence electrons. The van der Waals surface area contributed by atoms with Crippen LogP contribution in [-0.4, -0.2) is 17.4 Å². The SMILES string of the molecule is CCN(C(=O)c1ccco1)c1nc(-c2ccc(C)cc2C)cs1. The number of aryl methyl sites for hydroxylation is 2. The zero-order valence-corrected chi connectivity index (χ0v) is 14.2. The second-order valence-electron chi connectivity index (χ2n) is 5.36. The third kappa shape index (κ3) is 3.05. The Hall–Kier alpha value is -2.40. The van der Waals surface area contributed by atoms with E-state index < -0.39 is 0 Å². The topological polar surface area (TPSA) is 46.3 Å². The Kier molecular flexibility index (Phi) is 4.30. The number of hydrogen-bond donors (Lipinski definition) is 0. The molecule has 0 saturated carbocycles. The van der Waals surface area contributed by atoms with E-state index in [9.17, 15) is 4.79 Å². The first-order chi connectivity index (χ1) is 11.1. The fraction of sp³-hybridized carbons (Fsp3) is 0.222. The van der Waals surface area contributed by atoms with Gasteiger partial charge in [0.25, 0.3) is 5.91 Å². The van der Waals surface area contributed by atoms with Crippen molar-refractivity contribution in [2.45, 2.75) is 20.8 Å². The summed E-state index contributed by atoms with van der Waals surface area (Å²) in [7, 11) is 0. The first kappa shape index (κ1) is 15.5. The first-order valence-electron chi connectivity index (χ1n) is 7.48. The van der Waals surface area contributed by atoms with Gasteiger partial charge in [-0.2, -0.15) is 0 Å². The van der Waals surface area contributed by atoms with Gasteiger partial charge in [-0.1, -0.05) is 23.8 Å². The molecule has 0 fully saturated rings. The molecule has 0 radical (unpaired) electrons. The summed E-state index contributed by atoms with van der Waals surface area (Å²) in [5.41, 5.74) is 4.40. The maximum Gasteiger partial charge on any atom is 0.295 e. The number of thiazole rings is 1. The monoisotopic (exact) mass is 326 g/mol. The lowest BCUT2D eigenvalue weighted by molar-refractivity contribution is 0.0961. The molecule has 0 aliphatic carbocycles. The molecule has 0 bridgehead atoms. The van der Waals surface area contributed by atoms with E-state index in [1.807, 2.05) is 12.3 Å². The van der Waals surface area contributed by atoms with Crippen molar-refractivity contribution in [3.63, 3.8) is 0 Å². The lowest BCUT2D eigenvalue weighted by atomic mass is 10.0. The molecular formula is C18H18N2O2S. The van der Waals surface area contributed by atoms with E-state index in [2.05, 4.69) is 37.0 Å². The molecule has 0 aliphatic heterocycles. The molecular weight excluding hydrogens is 308 g/mol. The van der Waals surface area contributed by atoms with Crippen LogP contribution in [0.4, 0.5) is 5.13 Å². The van der Waals surface area contributed by atoms with Gasteiger partial charge in [-0.15, -0.1) is 11.3 Å². The molecule has 0 atom stereocenters. The van der Waals surface area contributed by atoms with Crippen LogP contribution in [0.2, 0.25) is 0 Å². The van der Waals surface area contributed by atoms with E-state index >= 15 is 0 Å². The van der Waals surface area contributed by atoms with Crippen LogP contribution < -0.4 is 4.90 Å². The fourth-order valence-corrected chi connectivity index (χ4v) is 3.40. The first-order valence-corrected chi connectivity index (χ1v) is 8.36. The summed E-state index contributed by atoms with van der Waals surface area (Å²) in [5, 5.41) is 2.68. The second-order valence-corrected chi connectivity index (χ2v) is 6.20. The van der Waals surface area contributed by atoms with Gasteiger partial charge in [-0.05, 0) is 38.5 Å². The Labute approximate surface area is 139 Å². The molecule has 5 heteroatoms. The lowest BCUT2D eigenvalue weighted by Gasteiger charge is -2.15. The smallest absolute Gasteiger partial charge is 0.295 e. The Morgan fingerprint density at radius 1 is 1.30 bits per heavy atom. The zero-order chi connectivity index (χ0) is 16.4. The minimum atomic E-state index is -0.168. The van der Waals surface area contributed by atoms with Gasteiger partial charge in [-0.3, -0.25) is 9.69 Å².